The number of carboxylic acids is 1. The smallest absolute Gasteiger partial charge is 0.306 e. The third-order valence-corrected chi connectivity index (χ3v) is 5.47. The summed E-state index contributed by atoms with van der Waals surface area (Å²) in [7, 11) is -3.50. The molecule has 0 amide bonds. The fourth-order valence-electron chi connectivity index (χ4n) is 2.34. The summed E-state index contributed by atoms with van der Waals surface area (Å²) in [5, 5.41) is 8.40. The van der Waals surface area contributed by atoms with Crippen LogP contribution < -0.4 is 0 Å². The predicted molar refractivity (Wildman–Crippen MR) is 64.8 cm³/mol. The molecule has 1 aliphatic carbocycles. The molecule has 98 valence electrons. The van der Waals surface area contributed by atoms with E-state index in [1.54, 1.807) is 12.1 Å². The molecule has 2 atom stereocenters. The number of aromatic nitrogens is 1. The molecule has 5 nitrogen and oxygen atoms in total. The van der Waals surface area contributed by atoms with Crippen molar-refractivity contribution in [2.24, 2.45) is 5.92 Å². The van der Waals surface area contributed by atoms with Crippen LogP contribution in [0.3, 0.4) is 0 Å². The van der Waals surface area contributed by atoms with Crippen molar-refractivity contribution in [2.75, 3.05) is 0 Å². The maximum atomic E-state index is 12.3. The first-order chi connectivity index (χ1) is 8.51. The zero-order valence-corrected chi connectivity index (χ0v) is 10.6. The van der Waals surface area contributed by atoms with Gasteiger partial charge in [-0.15, -0.1) is 0 Å². The monoisotopic (exact) mass is 269 g/mol. The number of carboxylic acid groups (broad SMARTS) is 1. The van der Waals surface area contributed by atoms with Gasteiger partial charge in [-0.2, -0.15) is 0 Å². The molecule has 1 aliphatic rings. The van der Waals surface area contributed by atoms with Crippen LogP contribution in [0.1, 0.15) is 25.7 Å². The van der Waals surface area contributed by atoms with Gasteiger partial charge < -0.3 is 5.11 Å². The Morgan fingerprint density at radius 2 is 2.11 bits per heavy atom. The van der Waals surface area contributed by atoms with Crippen molar-refractivity contribution in [1.29, 1.82) is 0 Å². The second-order valence-electron chi connectivity index (χ2n) is 4.54. The Balaban J connectivity index is 2.23. The van der Waals surface area contributed by atoms with Crippen LogP contribution in [0.15, 0.2) is 29.4 Å². The Hall–Kier alpha value is -1.43. The average molecular weight is 269 g/mol. The molecular formula is C12H15NO4S. The standard InChI is InChI=1S/C12H15NO4S/c14-12(15)9-4-3-5-10(8-9)18(16,17)11-6-1-2-7-13-11/h1-2,6-7,9-10H,3-5,8H2,(H,14,15)/t9-,10-/m1/s1. The molecule has 1 N–H and O–H groups in total. The van der Waals surface area contributed by atoms with Crippen molar-refractivity contribution in [2.45, 2.75) is 36.0 Å². The molecule has 1 saturated carbocycles. The van der Waals surface area contributed by atoms with Gasteiger partial charge in [-0.25, -0.2) is 13.4 Å². The maximum absolute atomic E-state index is 12.3. The Labute approximate surface area is 106 Å². The molecule has 0 saturated heterocycles. The van der Waals surface area contributed by atoms with E-state index in [-0.39, 0.29) is 11.4 Å². The van der Waals surface area contributed by atoms with Gasteiger partial charge in [0, 0.05) is 6.20 Å². The molecule has 1 heterocycles. The Bertz CT molecular complexity index is 526. The first kappa shape index (κ1) is 13.0. The summed E-state index contributed by atoms with van der Waals surface area (Å²) in [5.74, 6) is -1.46. The maximum Gasteiger partial charge on any atom is 0.306 e. The van der Waals surface area contributed by atoms with E-state index in [0.29, 0.717) is 19.3 Å². The SMILES string of the molecule is O=C(O)[C@@H]1CCC[C@@H](S(=O)(=O)c2ccccn2)C1. The summed E-state index contributed by atoms with van der Waals surface area (Å²) in [4.78, 5) is 14.8. The molecule has 6 heteroatoms. The second kappa shape index (κ2) is 5.06. The van der Waals surface area contributed by atoms with E-state index in [0.717, 1.165) is 0 Å². The van der Waals surface area contributed by atoms with E-state index in [2.05, 4.69) is 4.98 Å². The second-order valence-corrected chi connectivity index (χ2v) is 6.71. The number of hydrogen-bond donors (Lipinski definition) is 1. The lowest BCUT2D eigenvalue weighted by Crippen LogP contribution is -2.32. The van der Waals surface area contributed by atoms with E-state index in [1.807, 2.05) is 0 Å². The number of sulfone groups is 1. The molecule has 1 aromatic rings. The van der Waals surface area contributed by atoms with E-state index < -0.39 is 27.0 Å². The third kappa shape index (κ3) is 2.53. The number of nitrogens with zero attached hydrogens (tertiary/aromatic N) is 1. The lowest BCUT2D eigenvalue weighted by atomic mass is 9.89. The highest BCUT2D eigenvalue weighted by atomic mass is 32.2. The number of hydrogen-bond acceptors (Lipinski definition) is 4. The number of rotatable bonds is 3. The first-order valence-corrected chi connectivity index (χ1v) is 7.44. The van der Waals surface area contributed by atoms with Gasteiger partial charge in [-0.3, -0.25) is 4.79 Å². The molecular weight excluding hydrogens is 254 g/mol. The van der Waals surface area contributed by atoms with Crippen LogP contribution in [0, 0.1) is 5.92 Å². The fraction of sp³-hybridized carbons (Fsp3) is 0.500. The minimum absolute atomic E-state index is 0.0426. The Kier molecular flexibility index (Phi) is 3.65. The summed E-state index contributed by atoms with van der Waals surface area (Å²) in [6, 6.07) is 4.73. The molecule has 1 aromatic heterocycles. The molecule has 0 radical (unpaired) electrons. The van der Waals surface area contributed by atoms with Gasteiger partial charge in [0.15, 0.2) is 14.9 Å². The number of carbonyl (C=O) groups is 1. The van der Waals surface area contributed by atoms with Crippen molar-refractivity contribution in [3.63, 3.8) is 0 Å². The summed E-state index contributed by atoms with van der Waals surface area (Å²) in [5.41, 5.74) is 0. The summed E-state index contributed by atoms with van der Waals surface area (Å²) >= 11 is 0. The van der Waals surface area contributed by atoms with Crippen LogP contribution in [-0.2, 0) is 14.6 Å². The minimum atomic E-state index is -3.50. The molecule has 18 heavy (non-hydrogen) atoms. The number of pyridine rings is 1. The van der Waals surface area contributed by atoms with Gasteiger partial charge in [0.25, 0.3) is 0 Å². The van der Waals surface area contributed by atoms with Crippen molar-refractivity contribution in [3.8, 4) is 0 Å². The van der Waals surface area contributed by atoms with Crippen LogP contribution in [0.2, 0.25) is 0 Å². The largest absolute Gasteiger partial charge is 0.481 e. The van der Waals surface area contributed by atoms with Gasteiger partial charge in [0.05, 0.1) is 11.2 Å². The fourth-order valence-corrected chi connectivity index (χ4v) is 4.12. The summed E-state index contributed by atoms with van der Waals surface area (Å²) in [6.07, 6.45) is 3.33. The first-order valence-electron chi connectivity index (χ1n) is 5.89. The van der Waals surface area contributed by atoms with Gasteiger partial charge in [-0.1, -0.05) is 12.5 Å². The van der Waals surface area contributed by atoms with Crippen LogP contribution in [-0.4, -0.2) is 29.7 Å². The molecule has 2 rings (SSSR count). The highest BCUT2D eigenvalue weighted by molar-refractivity contribution is 7.92. The van der Waals surface area contributed by atoms with Crippen LogP contribution in [0.25, 0.3) is 0 Å². The summed E-state index contributed by atoms with van der Waals surface area (Å²) < 4.78 is 24.6. The zero-order valence-electron chi connectivity index (χ0n) is 9.82. The molecule has 0 spiro atoms. The summed E-state index contributed by atoms with van der Waals surface area (Å²) in [6.45, 7) is 0. The Morgan fingerprint density at radius 3 is 2.72 bits per heavy atom. The highest BCUT2D eigenvalue weighted by Crippen LogP contribution is 2.31. The van der Waals surface area contributed by atoms with Gasteiger partial charge >= 0.3 is 5.97 Å². The van der Waals surface area contributed by atoms with Crippen LogP contribution in [0.4, 0.5) is 0 Å². The minimum Gasteiger partial charge on any atom is -0.481 e. The molecule has 0 aromatic carbocycles. The quantitative estimate of drug-likeness (QED) is 0.898. The van der Waals surface area contributed by atoms with Gasteiger partial charge in [0.1, 0.15) is 0 Å². The molecule has 1 fully saturated rings. The molecule has 0 unspecified atom stereocenters. The van der Waals surface area contributed by atoms with Crippen LogP contribution >= 0.6 is 0 Å². The van der Waals surface area contributed by atoms with Crippen molar-refractivity contribution >= 4 is 15.8 Å². The normalized spacial score (nSPS) is 24.7. The lowest BCUT2D eigenvalue weighted by molar-refractivity contribution is -0.142. The lowest BCUT2D eigenvalue weighted by Gasteiger charge is -2.25. The van der Waals surface area contributed by atoms with E-state index in [9.17, 15) is 13.2 Å². The van der Waals surface area contributed by atoms with Crippen molar-refractivity contribution in [3.05, 3.63) is 24.4 Å². The molecule has 0 aliphatic heterocycles. The van der Waals surface area contributed by atoms with E-state index >= 15 is 0 Å². The highest BCUT2D eigenvalue weighted by Gasteiger charge is 2.36. The van der Waals surface area contributed by atoms with E-state index in [1.165, 1.54) is 12.3 Å². The third-order valence-electron chi connectivity index (χ3n) is 3.34. The predicted octanol–water partition coefficient (Wildman–Crippen LogP) is 1.50. The van der Waals surface area contributed by atoms with Crippen molar-refractivity contribution in [1.82, 2.24) is 4.98 Å². The van der Waals surface area contributed by atoms with E-state index in [4.69, 9.17) is 5.11 Å². The van der Waals surface area contributed by atoms with Crippen LogP contribution in [0.5, 0.6) is 0 Å². The van der Waals surface area contributed by atoms with Gasteiger partial charge in [0.2, 0.25) is 0 Å². The average Bonchev–Trinajstić information content (AvgIpc) is 2.40. The topological polar surface area (TPSA) is 84.3 Å². The number of aliphatic carboxylic acids is 1. The molecule has 0 bridgehead atoms. The Morgan fingerprint density at radius 1 is 1.33 bits per heavy atom. The van der Waals surface area contributed by atoms with Crippen molar-refractivity contribution < 1.29 is 18.3 Å². The van der Waals surface area contributed by atoms with Gasteiger partial charge in [-0.05, 0) is 31.4 Å². The zero-order chi connectivity index (χ0) is 13.2.